The Balaban J connectivity index is 1.80. The Hall–Kier alpha value is -2.86. The molecule has 0 spiro atoms. The van der Waals surface area contributed by atoms with Crippen molar-refractivity contribution >= 4 is 33.9 Å². The van der Waals surface area contributed by atoms with Crippen LogP contribution in [-0.4, -0.2) is 24.3 Å². The van der Waals surface area contributed by atoms with E-state index in [1.165, 1.54) is 5.56 Å². The Bertz CT molecular complexity index is 974. The number of fused-ring (bicyclic) bond motifs is 1. The third-order valence-corrected chi connectivity index (χ3v) is 4.95. The second kappa shape index (κ2) is 9.56. The van der Waals surface area contributed by atoms with Crippen LogP contribution in [0.25, 0.3) is 10.9 Å². The highest BCUT2D eigenvalue weighted by Gasteiger charge is 2.16. The van der Waals surface area contributed by atoms with Gasteiger partial charge in [-0.2, -0.15) is 0 Å². The molecule has 29 heavy (non-hydrogen) atoms. The zero-order valence-corrected chi connectivity index (χ0v) is 18.0. The molecule has 3 rings (SSSR count). The lowest BCUT2D eigenvalue weighted by atomic mass is 9.97. The number of hydrogen-bond donors (Lipinski definition) is 2. The number of rotatable bonds is 7. The minimum atomic E-state index is 0.101. The molecule has 5 nitrogen and oxygen atoms in total. The fourth-order valence-corrected chi connectivity index (χ4v) is 3.58. The summed E-state index contributed by atoms with van der Waals surface area (Å²) < 4.78 is 10.7. The van der Waals surface area contributed by atoms with Crippen LogP contribution in [0.15, 0.2) is 54.7 Å². The number of benzene rings is 2. The summed E-state index contributed by atoms with van der Waals surface area (Å²) in [5, 5.41) is 8.33. The quantitative estimate of drug-likeness (QED) is 0.515. The van der Waals surface area contributed by atoms with Gasteiger partial charge < -0.3 is 20.1 Å². The molecule has 0 amide bonds. The van der Waals surface area contributed by atoms with Gasteiger partial charge in [-0.15, -0.1) is 0 Å². The SMILES string of the molecule is COc1ccc([C@H](CC(C)C)NC(=S)Nc2ccc(OC)c3ncccc23)cc1. The summed E-state index contributed by atoms with van der Waals surface area (Å²) in [4.78, 5) is 4.44. The predicted octanol–water partition coefficient (Wildman–Crippen LogP) is 5.33. The van der Waals surface area contributed by atoms with Crippen LogP contribution in [0, 0.1) is 5.92 Å². The van der Waals surface area contributed by atoms with E-state index in [-0.39, 0.29) is 6.04 Å². The molecule has 0 aliphatic carbocycles. The topological polar surface area (TPSA) is 55.4 Å². The van der Waals surface area contributed by atoms with Crippen LogP contribution in [-0.2, 0) is 0 Å². The molecular weight excluding hydrogens is 382 g/mol. The van der Waals surface area contributed by atoms with E-state index in [4.69, 9.17) is 21.7 Å². The molecule has 6 heteroatoms. The summed E-state index contributed by atoms with van der Waals surface area (Å²) >= 11 is 5.64. The number of anilines is 1. The molecular formula is C23H27N3O2S. The normalized spacial score (nSPS) is 11.9. The maximum Gasteiger partial charge on any atom is 0.171 e. The van der Waals surface area contributed by atoms with E-state index in [2.05, 4.69) is 41.6 Å². The van der Waals surface area contributed by atoms with Crippen molar-refractivity contribution in [2.75, 3.05) is 19.5 Å². The number of hydrogen-bond acceptors (Lipinski definition) is 4. The first-order chi connectivity index (χ1) is 14.0. The molecule has 0 aliphatic rings. The molecule has 0 fully saturated rings. The van der Waals surface area contributed by atoms with Crippen LogP contribution in [0.5, 0.6) is 11.5 Å². The van der Waals surface area contributed by atoms with Crippen molar-refractivity contribution in [2.45, 2.75) is 26.3 Å². The highest BCUT2D eigenvalue weighted by molar-refractivity contribution is 7.80. The number of thiocarbonyl (C=S) groups is 1. The van der Waals surface area contributed by atoms with Crippen LogP contribution in [0.4, 0.5) is 5.69 Å². The predicted molar refractivity (Wildman–Crippen MR) is 123 cm³/mol. The standard InChI is InChI=1S/C23H27N3O2S/c1-15(2)14-20(16-7-9-17(27-3)10-8-16)26-23(29)25-19-11-12-21(28-4)22-18(19)6-5-13-24-22/h5-13,15,20H,14H2,1-4H3,(H2,25,26,29)/t20-/m0/s1. The molecule has 0 unspecified atom stereocenters. The van der Waals surface area contributed by atoms with E-state index in [1.54, 1.807) is 20.4 Å². The van der Waals surface area contributed by atoms with Crippen LogP contribution < -0.4 is 20.1 Å². The van der Waals surface area contributed by atoms with Crippen LogP contribution in [0.1, 0.15) is 31.9 Å². The summed E-state index contributed by atoms with van der Waals surface area (Å²) in [6, 6.07) is 16.0. The second-order valence-corrected chi connectivity index (χ2v) is 7.68. The lowest BCUT2D eigenvalue weighted by molar-refractivity contribution is 0.414. The van der Waals surface area contributed by atoms with Gasteiger partial charge in [0.25, 0.3) is 0 Å². The Morgan fingerprint density at radius 2 is 1.79 bits per heavy atom. The van der Waals surface area contributed by atoms with Gasteiger partial charge in [0.2, 0.25) is 0 Å². The second-order valence-electron chi connectivity index (χ2n) is 7.27. The first-order valence-electron chi connectivity index (χ1n) is 9.65. The average molecular weight is 410 g/mol. The maximum atomic E-state index is 5.64. The molecule has 0 radical (unpaired) electrons. The highest BCUT2D eigenvalue weighted by atomic mass is 32.1. The summed E-state index contributed by atoms with van der Waals surface area (Å²) in [6.07, 6.45) is 2.71. The van der Waals surface area contributed by atoms with Gasteiger partial charge in [-0.05, 0) is 66.5 Å². The van der Waals surface area contributed by atoms with Gasteiger partial charge in [0.1, 0.15) is 17.0 Å². The minimum Gasteiger partial charge on any atom is -0.497 e. The molecule has 0 aliphatic heterocycles. The van der Waals surface area contributed by atoms with E-state index in [0.29, 0.717) is 11.0 Å². The number of nitrogens with one attached hydrogen (secondary N) is 2. The summed E-state index contributed by atoms with van der Waals surface area (Å²) in [6.45, 7) is 4.41. The molecule has 1 aromatic heterocycles. The van der Waals surface area contributed by atoms with Crippen LogP contribution in [0.3, 0.4) is 0 Å². The third kappa shape index (κ3) is 5.15. The zero-order chi connectivity index (χ0) is 20.8. The number of nitrogens with zero attached hydrogens (tertiary/aromatic N) is 1. The summed E-state index contributed by atoms with van der Waals surface area (Å²) in [7, 11) is 3.32. The number of pyridine rings is 1. The molecule has 0 bridgehead atoms. The van der Waals surface area contributed by atoms with E-state index in [9.17, 15) is 0 Å². The molecule has 1 heterocycles. The van der Waals surface area contributed by atoms with Gasteiger partial charge in [0.15, 0.2) is 5.11 Å². The summed E-state index contributed by atoms with van der Waals surface area (Å²) in [5.74, 6) is 2.10. The van der Waals surface area contributed by atoms with Crippen molar-refractivity contribution in [3.05, 3.63) is 60.3 Å². The highest BCUT2D eigenvalue weighted by Crippen LogP contribution is 2.30. The van der Waals surface area contributed by atoms with Crippen molar-refractivity contribution in [1.29, 1.82) is 0 Å². The molecule has 3 aromatic rings. The largest absolute Gasteiger partial charge is 0.497 e. The van der Waals surface area contributed by atoms with E-state index in [0.717, 1.165) is 34.5 Å². The van der Waals surface area contributed by atoms with Crippen LogP contribution in [0.2, 0.25) is 0 Å². The lowest BCUT2D eigenvalue weighted by Gasteiger charge is -2.23. The van der Waals surface area contributed by atoms with Crippen molar-refractivity contribution in [2.24, 2.45) is 5.92 Å². The number of ether oxygens (including phenoxy) is 2. The Labute approximate surface area is 177 Å². The summed E-state index contributed by atoms with van der Waals surface area (Å²) in [5.41, 5.74) is 2.87. The van der Waals surface area contributed by atoms with Gasteiger partial charge in [0.05, 0.1) is 20.3 Å². The Kier molecular flexibility index (Phi) is 6.88. The third-order valence-electron chi connectivity index (χ3n) is 4.73. The number of aromatic nitrogens is 1. The average Bonchev–Trinajstić information content (AvgIpc) is 2.73. The van der Waals surface area contributed by atoms with Crippen molar-refractivity contribution in [3.63, 3.8) is 0 Å². The molecule has 152 valence electrons. The zero-order valence-electron chi connectivity index (χ0n) is 17.2. The molecule has 0 saturated heterocycles. The molecule has 2 aromatic carbocycles. The van der Waals surface area contributed by atoms with Gasteiger partial charge in [0, 0.05) is 17.3 Å². The fraction of sp³-hybridized carbons (Fsp3) is 0.304. The van der Waals surface area contributed by atoms with E-state index >= 15 is 0 Å². The van der Waals surface area contributed by atoms with Gasteiger partial charge in [-0.3, -0.25) is 4.98 Å². The van der Waals surface area contributed by atoms with Crippen molar-refractivity contribution in [3.8, 4) is 11.5 Å². The van der Waals surface area contributed by atoms with Crippen molar-refractivity contribution in [1.82, 2.24) is 10.3 Å². The van der Waals surface area contributed by atoms with Gasteiger partial charge >= 0.3 is 0 Å². The monoisotopic (exact) mass is 409 g/mol. The minimum absolute atomic E-state index is 0.101. The molecule has 0 saturated carbocycles. The fourth-order valence-electron chi connectivity index (χ4n) is 3.32. The van der Waals surface area contributed by atoms with E-state index in [1.807, 2.05) is 36.4 Å². The van der Waals surface area contributed by atoms with Gasteiger partial charge in [-0.1, -0.05) is 26.0 Å². The Morgan fingerprint density at radius 1 is 1.03 bits per heavy atom. The lowest BCUT2D eigenvalue weighted by Crippen LogP contribution is -2.33. The van der Waals surface area contributed by atoms with Gasteiger partial charge in [-0.25, -0.2) is 0 Å². The molecule has 1 atom stereocenters. The van der Waals surface area contributed by atoms with Crippen LogP contribution >= 0.6 is 12.2 Å². The van der Waals surface area contributed by atoms with E-state index < -0.39 is 0 Å². The Morgan fingerprint density at radius 3 is 2.45 bits per heavy atom. The van der Waals surface area contributed by atoms with Crippen molar-refractivity contribution < 1.29 is 9.47 Å². The maximum absolute atomic E-state index is 5.64. The number of methoxy groups -OCH3 is 2. The first kappa shape index (κ1) is 20.9. The first-order valence-corrected chi connectivity index (χ1v) is 10.1. The smallest absolute Gasteiger partial charge is 0.171 e. The molecule has 2 N–H and O–H groups in total.